The molecule has 4 nitrogen and oxygen atoms in total. The van der Waals surface area contributed by atoms with Gasteiger partial charge in [-0.05, 0) is 62.3 Å². The van der Waals surface area contributed by atoms with Gasteiger partial charge < -0.3 is 15.0 Å². The molecule has 0 aliphatic carbocycles. The van der Waals surface area contributed by atoms with Gasteiger partial charge in [-0.1, -0.05) is 18.2 Å². The minimum atomic E-state index is 0. The molecule has 2 aromatic carbocycles. The monoisotopic (exact) mass is 346 g/mol. The average Bonchev–Trinajstić information content (AvgIpc) is 2.63. The van der Waals surface area contributed by atoms with Crippen LogP contribution in [0.1, 0.15) is 12.8 Å². The van der Waals surface area contributed by atoms with E-state index in [-0.39, 0.29) is 24.2 Å². The Kier molecular flexibility index (Phi) is 6.64. The predicted octanol–water partition coefficient (Wildman–Crippen LogP) is 3.86. The number of benzene rings is 2. The second-order valence-corrected chi connectivity index (χ2v) is 5.83. The normalized spacial score (nSPS) is 14.5. The zero-order chi connectivity index (χ0) is 16.1. The van der Waals surface area contributed by atoms with Crippen molar-refractivity contribution in [3.05, 3.63) is 54.6 Å². The fraction of sp³-hybridized carbons (Fsp3) is 0.316. The molecule has 0 saturated carbocycles. The molecule has 0 aromatic heterocycles. The average molecular weight is 347 g/mol. The summed E-state index contributed by atoms with van der Waals surface area (Å²) in [5.74, 6) is 1.90. The molecule has 3 rings (SSSR count). The van der Waals surface area contributed by atoms with Crippen molar-refractivity contribution in [1.29, 1.82) is 0 Å². The molecule has 1 fully saturated rings. The summed E-state index contributed by atoms with van der Waals surface area (Å²) in [5, 5.41) is 3.29. The van der Waals surface area contributed by atoms with Gasteiger partial charge in [-0.25, -0.2) is 0 Å². The number of halogens is 1. The first-order valence-corrected chi connectivity index (χ1v) is 8.05. The van der Waals surface area contributed by atoms with Crippen molar-refractivity contribution in [2.24, 2.45) is 5.92 Å². The number of para-hydroxylation sites is 1. The number of amides is 1. The Hall–Kier alpha value is -2.04. The van der Waals surface area contributed by atoms with Crippen LogP contribution in [0.5, 0.6) is 11.5 Å². The number of anilines is 1. The van der Waals surface area contributed by atoms with E-state index in [0.29, 0.717) is 0 Å². The number of hydrogen-bond donors (Lipinski definition) is 1. The fourth-order valence-corrected chi connectivity index (χ4v) is 2.83. The number of rotatable bonds is 4. The van der Waals surface area contributed by atoms with E-state index < -0.39 is 0 Å². The van der Waals surface area contributed by atoms with E-state index >= 15 is 0 Å². The predicted molar refractivity (Wildman–Crippen MR) is 99.2 cm³/mol. The summed E-state index contributed by atoms with van der Waals surface area (Å²) >= 11 is 0. The summed E-state index contributed by atoms with van der Waals surface area (Å²) < 4.78 is 5.78. The van der Waals surface area contributed by atoms with E-state index in [4.69, 9.17) is 4.74 Å². The molecule has 1 N–H and O–H groups in total. The highest BCUT2D eigenvalue weighted by molar-refractivity contribution is 5.94. The van der Waals surface area contributed by atoms with Crippen LogP contribution in [-0.2, 0) is 4.79 Å². The van der Waals surface area contributed by atoms with Crippen molar-refractivity contribution >= 4 is 24.0 Å². The molecule has 0 spiro atoms. The maximum absolute atomic E-state index is 12.5. The van der Waals surface area contributed by atoms with Crippen LogP contribution in [0, 0.1) is 5.92 Å². The van der Waals surface area contributed by atoms with Crippen LogP contribution in [0.15, 0.2) is 54.6 Å². The van der Waals surface area contributed by atoms with Crippen LogP contribution in [-0.4, -0.2) is 26.0 Å². The second-order valence-electron chi connectivity index (χ2n) is 5.83. The molecule has 0 atom stereocenters. The number of nitrogens with one attached hydrogen (secondary N) is 1. The Bertz CT molecular complexity index is 640. The molecule has 0 unspecified atom stereocenters. The molecule has 1 amide bonds. The Morgan fingerprint density at radius 1 is 1.00 bits per heavy atom. The topological polar surface area (TPSA) is 41.6 Å². The highest BCUT2D eigenvalue weighted by Crippen LogP contribution is 2.25. The van der Waals surface area contributed by atoms with E-state index in [1.165, 1.54) is 0 Å². The molecule has 128 valence electrons. The number of carbonyl (C=O) groups is 1. The van der Waals surface area contributed by atoms with Gasteiger partial charge in [-0.15, -0.1) is 12.4 Å². The Morgan fingerprint density at radius 2 is 1.58 bits per heavy atom. The summed E-state index contributed by atoms with van der Waals surface area (Å²) in [6.45, 7) is 1.85. The van der Waals surface area contributed by atoms with E-state index in [1.54, 1.807) is 4.90 Å². The van der Waals surface area contributed by atoms with Crippen LogP contribution in [0.25, 0.3) is 0 Å². The number of ether oxygens (including phenoxy) is 1. The fourth-order valence-electron chi connectivity index (χ4n) is 2.83. The lowest BCUT2D eigenvalue weighted by molar-refractivity contribution is -0.122. The van der Waals surface area contributed by atoms with Crippen molar-refractivity contribution in [3.8, 4) is 11.5 Å². The zero-order valence-corrected chi connectivity index (χ0v) is 14.6. The lowest BCUT2D eigenvalue weighted by Crippen LogP contribution is -2.39. The first kappa shape index (κ1) is 18.3. The van der Waals surface area contributed by atoms with Crippen molar-refractivity contribution in [2.45, 2.75) is 12.8 Å². The van der Waals surface area contributed by atoms with E-state index in [0.717, 1.165) is 43.1 Å². The molecule has 0 radical (unpaired) electrons. The van der Waals surface area contributed by atoms with Crippen molar-refractivity contribution in [2.75, 3.05) is 25.0 Å². The summed E-state index contributed by atoms with van der Waals surface area (Å²) in [7, 11) is 1.84. The second kappa shape index (κ2) is 8.71. The smallest absolute Gasteiger partial charge is 0.229 e. The zero-order valence-electron chi connectivity index (χ0n) is 13.8. The standard InChI is InChI=1S/C19H22N2O2.ClH/c1-21(19(22)15-11-13-20-14-12-15)16-7-9-18(10-8-16)23-17-5-3-2-4-6-17;/h2-10,15,20H,11-14H2,1H3;1H. The molecule has 1 aliphatic rings. The maximum atomic E-state index is 12.5. The van der Waals surface area contributed by atoms with E-state index in [9.17, 15) is 4.79 Å². The molecular weight excluding hydrogens is 324 g/mol. The number of piperidine rings is 1. The molecule has 2 aromatic rings. The van der Waals surface area contributed by atoms with Crippen LogP contribution in [0.4, 0.5) is 5.69 Å². The molecule has 0 bridgehead atoms. The van der Waals surface area contributed by atoms with Gasteiger partial charge in [0, 0.05) is 18.7 Å². The molecule has 1 saturated heterocycles. The molecule has 24 heavy (non-hydrogen) atoms. The van der Waals surface area contributed by atoms with Gasteiger partial charge in [0.25, 0.3) is 0 Å². The highest BCUT2D eigenvalue weighted by atomic mass is 35.5. The van der Waals surface area contributed by atoms with Crippen molar-refractivity contribution < 1.29 is 9.53 Å². The van der Waals surface area contributed by atoms with Crippen LogP contribution in [0.2, 0.25) is 0 Å². The Balaban J connectivity index is 0.00000208. The third kappa shape index (κ3) is 4.49. The quantitative estimate of drug-likeness (QED) is 0.913. The minimum Gasteiger partial charge on any atom is -0.457 e. The summed E-state index contributed by atoms with van der Waals surface area (Å²) in [4.78, 5) is 14.3. The lowest BCUT2D eigenvalue weighted by Gasteiger charge is -2.27. The lowest BCUT2D eigenvalue weighted by atomic mass is 9.96. The maximum Gasteiger partial charge on any atom is 0.229 e. The largest absolute Gasteiger partial charge is 0.457 e. The van der Waals surface area contributed by atoms with Gasteiger partial charge in [-0.3, -0.25) is 4.79 Å². The number of nitrogens with zero attached hydrogens (tertiary/aromatic N) is 1. The van der Waals surface area contributed by atoms with Crippen LogP contribution < -0.4 is 15.0 Å². The minimum absolute atomic E-state index is 0. The Morgan fingerprint density at radius 3 is 2.21 bits per heavy atom. The number of hydrogen-bond acceptors (Lipinski definition) is 3. The molecule has 5 heteroatoms. The molecule has 1 aliphatic heterocycles. The van der Waals surface area contributed by atoms with Gasteiger partial charge in [-0.2, -0.15) is 0 Å². The SMILES string of the molecule is CN(C(=O)C1CCNCC1)c1ccc(Oc2ccccc2)cc1.Cl. The van der Waals surface area contributed by atoms with Crippen molar-refractivity contribution in [3.63, 3.8) is 0 Å². The van der Waals surface area contributed by atoms with Gasteiger partial charge in [0.15, 0.2) is 0 Å². The van der Waals surface area contributed by atoms with Gasteiger partial charge in [0.2, 0.25) is 5.91 Å². The van der Waals surface area contributed by atoms with Crippen LogP contribution >= 0.6 is 12.4 Å². The van der Waals surface area contributed by atoms with E-state index in [1.807, 2.05) is 61.6 Å². The summed E-state index contributed by atoms with van der Waals surface area (Å²) in [6.07, 6.45) is 1.83. The molecule has 1 heterocycles. The third-order valence-electron chi connectivity index (χ3n) is 4.22. The highest BCUT2D eigenvalue weighted by Gasteiger charge is 2.24. The number of carbonyl (C=O) groups excluding carboxylic acids is 1. The summed E-state index contributed by atoms with van der Waals surface area (Å²) in [5.41, 5.74) is 0.897. The first-order chi connectivity index (χ1) is 11.2. The van der Waals surface area contributed by atoms with E-state index in [2.05, 4.69) is 5.32 Å². The van der Waals surface area contributed by atoms with Gasteiger partial charge in [0.1, 0.15) is 11.5 Å². The van der Waals surface area contributed by atoms with Gasteiger partial charge in [0.05, 0.1) is 0 Å². The van der Waals surface area contributed by atoms with Crippen LogP contribution in [0.3, 0.4) is 0 Å². The first-order valence-electron chi connectivity index (χ1n) is 8.05. The van der Waals surface area contributed by atoms with Crippen molar-refractivity contribution in [1.82, 2.24) is 5.32 Å². The Labute approximate surface area is 149 Å². The molecular formula is C19H23ClN2O2. The third-order valence-corrected chi connectivity index (χ3v) is 4.22. The summed E-state index contributed by atoms with van der Waals surface area (Å²) in [6, 6.07) is 17.3. The van der Waals surface area contributed by atoms with Gasteiger partial charge >= 0.3 is 0 Å².